The number of allylic oxidation sites excluding steroid dienone is 1. The van der Waals surface area contributed by atoms with Gasteiger partial charge in [0.2, 0.25) is 0 Å². The predicted octanol–water partition coefficient (Wildman–Crippen LogP) is 5.59. The number of cyclic esters (lactones) is 1. The second-order valence-electron chi connectivity index (χ2n) is 12.9. The van der Waals surface area contributed by atoms with E-state index in [2.05, 4.69) is 45.6 Å². The molecule has 1 aliphatic carbocycles. The highest BCUT2D eigenvalue weighted by Gasteiger charge is 2.46. The second-order valence-corrected chi connectivity index (χ2v) is 12.9. The number of aliphatic hydroxyl groups is 2. The highest BCUT2D eigenvalue weighted by atomic mass is 16.6. The van der Waals surface area contributed by atoms with E-state index in [1.807, 2.05) is 0 Å². The normalized spacial score (nSPS) is 40.4. The van der Waals surface area contributed by atoms with Gasteiger partial charge in [0.15, 0.2) is 0 Å². The number of hydrogen-bond donors (Lipinski definition) is 2. The molecule has 3 heterocycles. The summed E-state index contributed by atoms with van der Waals surface area (Å²) < 4.78 is 17.8. The highest BCUT2D eigenvalue weighted by molar-refractivity contribution is 5.82. The Hall–Kier alpha value is -1.73. The molecule has 4 rings (SSSR count). The SMILES string of the molecule is C=C1CC(C)C[C@@H]2CC=CC(C/C=C\C(=O)OC(C(O)/C=C/C3CCCC(C)(C)C3)C[C@@H]3OC3[C@@H](O)C1)O2. The maximum absolute atomic E-state index is 12.7. The van der Waals surface area contributed by atoms with Crippen LogP contribution in [-0.2, 0) is 19.0 Å². The summed E-state index contributed by atoms with van der Waals surface area (Å²) in [6, 6.07) is 0. The van der Waals surface area contributed by atoms with Crippen molar-refractivity contribution in [3.05, 3.63) is 48.6 Å². The molecule has 0 spiro atoms. The van der Waals surface area contributed by atoms with E-state index in [0.717, 1.165) is 37.7 Å². The number of fused-ring (bicyclic) bond motifs is 3. The Morgan fingerprint density at radius 3 is 2.76 bits per heavy atom. The first-order valence-corrected chi connectivity index (χ1v) is 14.6. The van der Waals surface area contributed by atoms with E-state index >= 15 is 0 Å². The van der Waals surface area contributed by atoms with Gasteiger partial charge in [-0.2, -0.15) is 0 Å². The van der Waals surface area contributed by atoms with Crippen LogP contribution in [0.3, 0.4) is 0 Å². The third kappa shape index (κ3) is 8.90. The molecule has 1 saturated carbocycles. The number of esters is 1. The number of carbonyl (C=O) groups excluding carboxylic acids is 1. The lowest BCUT2D eigenvalue weighted by Gasteiger charge is -2.34. The molecule has 0 aromatic heterocycles. The number of rotatable bonds is 3. The van der Waals surface area contributed by atoms with E-state index in [1.54, 1.807) is 12.2 Å². The number of carbonyl (C=O) groups is 1. The largest absolute Gasteiger partial charge is 0.456 e. The molecule has 2 fully saturated rings. The van der Waals surface area contributed by atoms with Gasteiger partial charge in [-0.25, -0.2) is 4.79 Å². The van der Waals surface area contributed by atoms with Crippen LogP contribution < -0.4 is 0 Å². The minimum Gasteiger partial charge on any atom is -0.456 e. The van der Waals surface area contributed by atoms with Gasteiger partial charge in [0.1, 0.15) is 18.3 Å². The van der Waals surface area contributed by atoms with Crippen molar-refractivity contribution in [1.82, 2.24) is 0 Å². The monoisotopic (exact) mass is 528 g/mol. The number of hydrogen-bond acceptors (Lipinski definition) is 6. The molecule has 0 aromatic carbocycles. The molecule has 1 saturated heterocycles. The summed E-state index contributed by atoms with van der Waals surface area (Å²) in [7, 11) is 0. The summed E-state index contributed by atoms with van der Waals surface area (Å²) in [5.74, 6) is 0.322. The fourth-order valence-electron chi connectivity index (χ4n) is 6.51. The molecule has 9 atom stereocenters. The first kappa shape index (κ1) is 29.3. The number of epoxide rings is 1. The molecule has 6 heteroatoms. The lowest BCUT2D eigenvalue weighted by atomic mass is 9.72. The summed E-state index contributed by atoms with van der Waals surface area (Å²) >= 11 is 0. The van der Waals surface area contributed by atoms with Crippen molar-refractivity contribution in [3.63, 3.8) is 0 Å². The lowest BCUT2D eigenvalue weighted by Crippen LogP contribution is -2.32. The third-order valence-corrected chi connectivity index (χ3v) is 8.48. The van der Waals surface area contributed by atoms with Gasteiger partial charge in [0.25, 0.3) is 0 Å². The zero-order chi connectivity index (χ0) is 27.3. The zero-order valence-electron chi connectivity index (χ0n) is 23.5. The van der Waals surface area contributed by atoms with Crippen molar-refractivity contribution in [2.45, 2.75) is 128 Å². The van der Waals surface area contributed by atoms with Crippen molar-refractivity contribution >= 4 is 5.97 Å². The van der Waals surface area contributed by atoms with E-state index < -0.39 is 24.3 Å². The van der Waals surface area contributed by atoms with Gasteiger partial charge in [-0.15, -0.1) is 0 Å². The Kier molecular flexibility index (Phi) is 10.1. The number of aliphatic hydroxyl groups excluding tert-OH is 2. The highest BCUT2D eigenvalue weighted by Crippen LogP contribution is 2.39. The smallest absolute Gasteiger partial charge is 0.330 e. The second kappa shape index (κ2) is 13.1. The standard InChI is InChI=1S/C32H48O6/c1-21-16-22(2)18-27(34)31-29(38-31)19-28(26(33)14-13-23-8-7-15-32(3,4)20-23)37-30(35)12-6-10-24-9-5-11-25(17-21)36-24/h5-6,9,12-14,21,23-29,31,33-34H,2,7-8,10-11,15-20H2,1,3-4H3/b12-6-,14-13+/t21?,23?,24?,25-,26?,27-,28?,29-,31?/m0/s1. The minimum atomic E-state index is -0.939. The quantitative estimate of drug-likeness (QED) is 0.282. The van der Waals surface area contributed by atoms with Gasteiger partial charge in [-0.05, 0) is 68.6 Å². The Morgan fingerprint density at radius 2 is 1.97 bits per heavy atom. The van der Waals surface area contributed by atoms with Crippen LogP contribution in [0.4, 0.5) is 0 Å². The zero-order valence-corrected chi connectivity index (χ0v) is 23.5. The molecule has 38 heavy (non-hydrogen) atoms. The van der Waals surface area contributed by atoms with E-state index in [4.69, 9.17) is 14.2 Å². The fraction of sp³-hybridized carbons (Fsp3) is 0.719. The molecule has 6 nitrogen and oxygen atoms in total. The summed E-state index contributed by atoms with van der Waals surface area (Å²) in [5.41, 5.74) is 1.31. The first-order valence-electron chi connectivity index (χ1n) is 14.6. The lowest BCUT2D eigenvalue weighted by molar-refractivity contribution is -0.148. The average molecular weight is 529 g/mol. The van der Waals surface area contributed by atoms with Crippen LogP contribution >= 0.6 is 0 Å². The van der Waals surface area contributed by atoms with E-state index in [9.17, 15) is 15.0 Å². The van der Waals surface area contributed by atoms with Gasteiger partial charge in [0, 0.05) is 12.5 Å². The maximum atomic E-state index is 12.7. The van der Waals surface area contributed by atoms with Gasteiger partial charge in [0.05, 0.1) is 24.4 Å². The predicted molar refractivity (Wildman–Crippen MR) is 148 cm³/mol. The molecule has 0 aromatic rings. The van der Waals surface area contributed by atoms with Crippen LogP contribution in [0.2, 0.25) is 0 Å². The molecular formula is C32H48O6. The molecular weight excluding hydrogens is 480 g/mol. The van der Waals surface area contributed by atoms with Crippen LogP contribution in [0, 0.1) is 17.3 Å². The Labute approximate surface area is 228 Å². The van der Waals surface area contributed by atoms with Gasteiger partial charge in [-0.3, -0.25) is 0 Å². The van der Waals surface area contributed by atoms with E-state index in [0.29, 0.717) is 36.5 Å². The van der Waals surface area contributed by atoms with Crippen molar-refractivity contribution in [2.24, 2.45) is 17.3 Å². The van der Waals surface area contributed by atoms with Crippen LogP contribution in [0.25, 0.3) is 0 Å². The Balaban J connectivity index is 1.44. The number of ether oxygens (including phenoxy) is 3. The van der Waals surface area contributed by atoms with Gasteiger partial charge < -0.3 is 24.4 Å². The summed E-state index contributed by atoms with van der Waals surface area (Å²) in [6.07, 6.45) is 17.1. The Bertz CT molecular complexity index is 904. The molecule has 2 bridgehead atoms. The van der Waals surface area contributed by atoms with E-state index in [1.165, 1.54) is 18.9 Å². The molecule has 2 N–H and O–H groups in total. The molecule has 212 valence electrons. The van der Waals surface area contributed by atoms with Crippen LogP contribution in [-0.4, -0.2) is 58.9 Å². The van der Waals surface area contributed by atoms with Crippen LogP contribution in [0.15, 0.2) is 48.6 Å². The summed E-state index contributed by atoms with van der Waals surface area (Å²) in [6.45, 7) is 11.0. The molecule has 4 aliphatic rings. The van der Waals surface area contributed by atoms with Crippen LogP contribution in [0.5, 0.6) is 0 Å². The third-order valence-electron chi connectivity index (χ3n) is 8.48. The summed E-state index contributed by atoms with van der Waals surface area (Å²) in [5, 5.41) is 21.8. The first-order chi connectivity index (χ1) is 18.1. The van der Waals surface area contributed by atoms with Gasteiger partial charge >= 0.3 is 5.97 Å². The molecule has 0 amide bonds. The summed E-state index contributed by atoms with van der Waals surface area (Å²) in [4.78, 5) is 12.7. The van der Waals surface area contributed by atoms with Crippen molar-refractivity contribution in [2.75, 3.05) is 0 Å². The topological polar surface area (TPSA) is 88.5 Å². The van der Waals surface area contributed by atoms with E-state index in [-0.39, 0.29) is 24.4 Å². The minimum absolute atomic E-state index is 0.0707. The fourth-order valence-corrected chi connectivity index (χ4v) is 6.51. The maximum Gasteiger partial charge on any atom is 0.330 e. The van der Waals surface area contributed by atoms with Crippen molar-refractivity contribution in [1.29, 1.82) is 0 Å². The molecule has 0 radical (unpaired) electrons. The Morgan fingerprint density at radius 1 is 1.16 bits per heavy atom. The molecule has 3 aliphatic heterocycles. The van der Waals surface area contributed by atoms with Crippen molar-refractivity contribution < 1.29 is 29.2 Å². The molecule has 6 unspecified atom stereocenters. The average Bonchev–Trinajstić information content (AvgIpc) is 3.60. The van der Waals surface area contributed by atoms with Gasteiger partial charge in [-0.1, -0.05) is 69.7 Å². The van der Waals surface area contributed by atoms with Crippen molar-refractivity contribution in [3.8, 4) is 0 Å². The van der Waals surface area contributed by atoms with Crippen LogP contribution in [0.1, 0.15) is 85.0 Å².